The molecule has 1 saturated carbocycles. The lowest BCUT2D eigenvalue weighted by atomic mass is 9.74. The van der Waals surface area contributed by atoms with Crippen molar-refractivity contribution in [3.63, 3.8) is 0 Å². The molecule has 142 valence electrons. The third-order valence-corrected chi connectivity index (χ3v) is 5.44. The van der Waals surface area contributed by atoms with Gasteiger partial charge in [0.1, 0.15) is 0 Å². The van der Waals surface area contributed by atoms with Crippen LogP contribution in [0, 0.1) is 5.92 Å². The van der Waals surface area contributed by atoms with Gasteiger partial charge in [0.25, 0.3) is 11.8 Å². The molecule has 0 radical (unpaired) electrons. The number of hydrogen-bond acceptors (Lipinski definition) is 3. The van der Waals surface area contributed by atoms with Crippen molar-refractivity contribution in [1.82, 2.24) is 20.0 Å². The molecule has 8 heteroatoms. The zero-order valence-electron chi connectivity index (χ0n) is 14.8. The van der Waals surface area contributed by atoms with Crippen LogP contribution < -0.4 is 5.32 Å². The number of nitrogens with one attached hydrogen (secondary N) is 1. The summed E-state index contributed by atoms with van der Waals surface area (Å²) in [5, 5.41) is 6.66. The largest absolute Gasteiger partial charge is 0.348 e. The highest BCUT2D eigenvalue weighted by Crippen LogP contribution is 2.41. The monoisotopic (exact) mass is 374 g/mol. The van der Waals surface area contributed by atoms with Crippen LogP contribution >= 0.6 is 0 Å². The van der Waals surface area contributed by atoms with Gasteiger partial charge in [0.05, 0.1) is 17.4 Å². The Balaban J connectivity index is 1.41. The first-order valence-electron chi connectivity index (χ1n) is 8.94. The first-order chi connectivity index (χ1) is 12.8. The van der Waals surface area contributed by atoms with Gasteiger partial charge in [0.15, 0.2) is 0 Å². The molecule has 1 aromatic heterocycles. The second-order valence-electron chi connectivity index (χ2n) is 7.23. The first kappa shape index (κ1) is 17.6. The van der Waals surface area contributed by atoms with Gasteiger partial charge in [-0.1, -0.05) is 18.2 Å². The topological polar surface area (TPSA) is 67.2 Å². The second kappa shape index (κ2) is 6.44. The van der Waals surface area contributed by atoms with Crippen molar-refractivity contribution in [2.24, 2.45) is 5.92 Å². The lowest BCUT2D eigenvalue weighted by Crippen LogP contribution is -2.59. The van der Waals surface area contributed by atoms with Crippen molar-refractivity contribution in [3.8, 4) is 5.69 Å². The fraction of sp³-hybridized carbons (Fsp3) is 0.421. The number of amides is 2. The summed E-state index contributed by atoms with van der Waals surface area (Å²) in [5.74, 6) is -4.72. The Bertz CT molecular complexity index is 862. The van der Waals surface area contributed by atoms with E-state index in [1.54, 1.807) is 15.8 Å². The summed E-state index contributed by atoms with van der Waals surface area (Å²) in [5.41, 5.74) is 1.36. The van der Waals surface area contributed by atoms with E-state index in [4.69, 9.17) is 0 Å². The van der Waals surface area contributed by atoms with E-state index < -0.39 is 11.8 Å². The van der Waals surface area contributed by atoms with E-state index >= 15 is 0 Å². The minimum atomic E-state index is -3.38. The molecule has 2 aromatic rings. The number of benzene rings is 1. The Labute approximate surface area is 155 Å². The van der Waals surface area contributed by atoms with Gasteiger partial charge in [-0.3, -0.25) is 9.59 Å². The minimum Gasteiger partial charge on any atom is -0.348 e. The molecule has 2 heterocycles. The quantitative estimate of drug-likeness (QED) is 0.893. The lowest BCUT2D eigenvalue weighted by Gasteiger charge is -2.43. The predicted molar refractivity (Wildman–Crippen MR) is 93.7 cm³/mol. The molecule has 0 bridgehead atoms. The molecule has 1 saturated heterocycles. The van der Waals surface area contributed by atoms with Crippen LogP contribution in [0.1, 0.15) is 30.1 Å². The van der Waals surface area contributed by atoms with Crippen molar-refractivity contribution in [1.29, 1.82) is 0 Å². The summed E-state index contributed by atoms with van der Waals surface area (Å²) in [7, 11) is 0. The summed E-state index contributed by atoms with van der Waals surface area (Å²) in [6.07, 6.45) is 4.44. The molecule has 1 aliphatic heterocycles. The lowest BCUT2D eigenvalue weighted by molar-refractivity contribution is -0.145. The normalized spacial score (nSPS) is 24.3. The summed E-state index contributed by atoms with van der Waals surface area (Å²) in [6.45, 7) is 1.15. The SMILES string of the molecule is CC(F)(F)C(=O)N[C@@H]1C[C@H]2[C@@H]1CCN2C(=O)c1cnn(-c2ccccc2)c1. The van der Waals surface area contributed by atoms with Gasteiger partial charge in [-0.05, 0) is 25.0 Å². The fourth-order valence-electron chi connectivity index (χ4n) is 3.92. The van der Waals surface area contributed by atoms with E-state index in [0.29, 0.717) is 31.9 Å². The summed E-state index contributed by atoms with van der Waals surface area (Å²) < 4.78 is 27.8. The van der Waals surface area contributed by atoms with Gasteiger partial charge in [-0.2, -0.15) is 13.9 Å². The molecule has 6 nitrogen and oxygen atoms in total. The number of nitrogens with zero attached hydrogens (tertiary/aromatic N) is 3. The Kier molecular flexibility index (Phi) is 4.20. The maximum atomic E-state index is 13.1. The van der Waals surface area contributed by atoms with E-state index in [-0.39, 0.29) is 23.9 Å². The van der Waals surface area contributed by atoms with Gasteiger partial charge >= 0.3 is 5.92 Å². The van der Waals surface area contributed by atoms with Crippen molar-refractivity contribution in [2.75, 3.05) is 6.54 Å². The van der Waals surface area contributed by atoms with Crippen molar-refractivity contribution < 1.29 is 18.4 Å². The molecule has 4 rings (SSSR count). The Morgan fingerprint density at radius 1 is 1.26 bits per heavy atom. The number of rotatable bonds is 4. The van der Waals surface area contributed by atoms with E-state index in [9.17, 15) is 18.4 Å². The molecule has 1 N–H and O–H groups in total. The Morgan fingerprint density at radius 3 is 2.70 bits per heavy atom. The number of likely N-dealkylation sites (tertiary alicyclic amines) is 1. The third kappa shape index (κ3) is 3.20. The van der Waals surface area contributed by atoms with E-state index in [1.807, 2.05) is 30.3 Å². The van der Waals surface area contributed by atoms with Crippen LogP contribution in [-0.4, -0.2) is 51.0 Å². The number of carbonyl (C=O) groups excluding carboxylic acids is 2. The molecule has 0 spiro atoms. The van der Waals surface area contributed by atoms with Gasteiger partial charge in [0, 0.05) is 37.7 Å². The molecule has 1 aliphatic carbocycles. The summed E-state index contributed by atoms with van der Waals surface area (Å²) >= 11 is 0. The standard InChI is InChI=1S/C19H20F2N4O2/c1-19(20,21)18(27)23-15-9-16-14(15)7-8-24(16)17(26)12-10-22-25(11-12)13-5-3-2-4-6-13/h2-6,10-11,14-16H,7-9H2,1H3,(H,23,27)/t14-,15-,16+/m1/s1. The maximum absolute atomic E-state index is 13.1. The van der Waals surface area contributed by atoms with Gasteiger partial charge < -0.3 is 10.2 Å². The maximum Gasteiger partial charge on any atom is 0.321 e. The van der Waals surface area contributed by atoms with Crippen LogP contribution in [0.15, 0.2) is 42.7 Å². The molecule has 2 amide bonds. The number of para-hydroxylation sites is 1. The Morgan fingerprint density at radius 2 is 2.00 bits per heavy atom. The molecule has 2 fully saturated rings. The molecular weight excluding hydrogens is 354 g/mol. The molecule has 1 aromatic carbocycles. The van der Waals surface area contributed by atoms with Crippen molar-refractivity contribution in [3.05, 3.63) is 48.3 Å². The number of halogens is 2. The van der Waals surface area contributed by atoms with Gasteiger partial charge in [0.2, 0.25) is 0 Å². The van der Waals surface area contributed by atoms with Crippen molar-refractivity contribution >= 4 is 11.8 Å². The van der Waals surface area contributed by atoms with Crippen LogP contribution in [-0.2, 0) is 4.79 Å². The smallest absolute Gasteiger partial charge is 0.321 e. The van der Waals surface area contributed by atoms with E-state index in [1.165, 1.54) is 6.20 Å². The minimum absolute atomic E-state index is 0.0200. The first-order valence-corrected chi connectivity index (χ1v) is 8.94. The van der Waals surface area contributed by atoms with Crippen molar-refractivity contribution in [2.45, 2.75) is 37.8 Å². The molecule has 27 heavy (non-hydrogen) atoms. The highest BCUT2D eigenvalue weighted by Gasteiger charge is 2.51. The predicted octanol–water partition coefficient (Wildman–Crippen LogP) is 2.25. The molecule has 0 unspecified atom stereocenters. The third-order valence-electron chi connectivity index (χ3n) is 5.44. The van der Waals surface area contributed by atoms with Crippen LogP contribution in [0.5, 0.6) is 0 Å². The van der Waals surface area contributed by atoms with Crippen LogP contribution in [0.2, 0.25) is 0 Å². The summed E-state index contributed by atoms with van der Waals surface area (Å²) in [6, 6.07) is 9.18. The molecule has 2 aliphatic rings. The van der Waals surface area contributed by atoms with Crippen LogP contribution in [0.25, 0.3) is 5.69 Å². The van der Waals surface area contributed by atoms with Gasteiger partial charge in [-0.15, -0.1) is 0 Å². The molecular formula is C19H20F2N4O2. The second-order valence-corrected chi connectivity index (χ2v) is 7.23. The number of aromatic nitrogens is 2. The van der Waals surface area contributed by atoms with Gasteiger partial charge in [-0.25, -0.2) is 4.68 Å². The zero-order chi connectivity index (χ0) is 19.2. The molecule has 3 atom stereocenters. The fourth-order valence-corrected chi connectivity index (χ4v) is 3.92. The summed E-state index contributed by atoms with van der Waals surface area (Å²) in [4.78, 5) is 26.1. The zero-order valence-corrected chi connectivity index (χ0v) is 14.8. The highest BCUT2D eigenvalue weighted by molar-refractivity contribution is 5.94. The van der Waals surface area contributed by atoms with Crippen LogP contribution in [0.3, 0.4) is 0 Å². The number of alkyl halides is 2. The van der Waals surface area contributed by atoms with E-state index in [2.05, 4.69) is 10.4 Å². The number of hydrogen-bond donors (Lipinski definition) is 1. The van der Waals surface area contributed by atoms with E-state index in [0.717, 1.165) is 5.69 Å². The average molecular weight is 374 g/mol. The number of carbonyl (C=O) groups is 2. The average Bonchev–Trinajstić information content (AvgIpc) is 3.24. The Hall–Kier alpha value is -2.77. The van der Waals surface area contributed by atoms with Crippen LogP contribution in [0.4, 0.5) is 8.78 Å². The highest BCUT2D eigenvalue weighted by atomic mass is 19.3. The number of fused-ring (bicyclic) bond motifs is 1.